The number of likely N-dealkylation sites (tertiary alicyclic amines) is 1. The Bertz CT molecular complexity index is 830. The van der Waals surface area contributed by atoms with E-state index in [0.717, 1.165) is 35.5 Å². The zero-order chi connectivity index (χ0) is 19.2. The van der Waals surface area contributed by atoms with Gasteiger partial charge in [0, 0.05) is 17.1 Å². The maximum absolute atomic E-state index is 12.4. The van der Waals surface area contributed by atoms with E-state index >= 15 is 0 Å². The van der Waals surface area contributed by atoms with Crippen molar-refractivity contribution in [3.05, 3.63) is 59.1 Å². The van der Waals surface area contributed by atoms with E-state index < -0.39 is 0 Å². The van der Waals surface area contributed by atoms with Gasteiger partial charge in [-0.1, -0.05) is 41.9 Å². The quantitative estimate of drug-likeness (QED) is 0.693. The molecule has 7 heteroatoms. The van der Waals surface area contributed by atoms with Crippen LogP contribution in [0, 0.1) is 0 Å². The standard InChI is InChI=1S/C20H22ClN3O2S/c21-15-7-2-4-10-18(15)27-13-19(25)23-16-8-3-1-6-14(16)12-24-11-5-9-17(24)20(22)26/h1-4,6-8,10,17H,5,9,11-13H2,(H2,22,26)(H,23,25). The number of hydrogen-bond donors (Lipinski definition) is 2. The van der Waals surface area contributed by atoms with Crippen LogP contribution in [0.15, 0.2) is 53.4 Å². The number of rotatable bonds is 7. The lowest BCUT2D eigenvalue weighted by atomic mass is 10.1. The van der Waals surface area contributed by atoms with Gasteiger partial charge in [-0.05, 0) is 43.1 Å². The van der Waals surface area contributed by atoms with E-state index in [1.165, 1.54) is 11.8 Å². The highest BCUT2D eigenvalue weighted by molar-refractivity contribution is 8.00. The number of nitrogens with zero attached hydrogens (tertiary/aromatic N) is 1. The second kappa shape index (κ2) is 9.26. The molecule has 3 rings (SSSR count). The average molecular weight is 404 g/mol. The maximum Gasteiger partial charge on any atom is 0.234 e. The minimum Gasteiger partial charge on any atom is -0.368 e. The van der Waals surface area contributed by atoms with Crippen LogP contribution in [0.4, 0.5) is 5.69 Å². The van der Waals surface area contributed by atoms with E-state index in [1.807, 2.05) is 48.5 Å². The highest BCUT2D eigenvalue weighted by Crippen LogP contribution is 2.27. The van der Waals surface area contributed by atoms with Gasteiger partial charge in [0.25, 0.3) is 0 Å². The van der Waals surface area contributed by atoms with Crippen molar-refractivity contribution in [1.29, 1.82) is 0 Å². The lowest BCUT2D eigenvalue weighted by Crippen LogP contribution is -2.39. The zero-order valence-electron chi connectivity index (χ0n) is 14.9. The van der Waals surface area contributed by atoms with Gasteiger partial charge in [0.1, 0.15) is 0 Å². The Kier molecular flexibility index (Phi) is 6.77. The Morgan fingerprint density at radius 1 is 1.19 bits per heavy atom. The molecule has 0 aliphatic carbocycles. The predicted octanol–water partition coefficient (Wildman–Crippen LogP) is 3.52. The summed E-state index contributed by atoms with van der Waals surface area (Å²) in [6.07, 6.45) is 1.74. The number of para-hydroxylation sites is 1. The predicted molar refractivity (Wildman–Crippen MR) is 110 cm³/mol. The Balaban J connectivity index is 1.62. The fourth-order valence-corrected chi connectivity index (χ4v) is 4.27. The Morgan fingerprint density at radius 3 is 2.70 bits per heavy atom. The maximum atomic E-state index is 12.4. The van der Waals surface area contributed by atoms with Crippen LogP contribution in [0.5, 0.6) is 0 Å². The summed E-state index contributed by atoms with van der Waals surface area (Å²) in [7, 11) is 0. The molecule has 27 heavy (non-hydrogen) atoms. The first-order valence-corrected chi connectivity index (χ1v) is 10.2. The highest BCUT2D eigenvalue weighted by Gasteiger charge is 2.29. The van der Waals surface area contributed by atoms with Gasteiger partial charge in [0.2, 0.25) is 11.8 Å². The molecular weight excluding hydrogens is 382 g/mol. The van der Waals surface area contributed by atoms with Crippen LogP contribution in [0.3, 0.4) is 0 Å². The number of nitrogens with one attached hydrogen (secondary N) is 1. The molecule has 1 saturated heterocycles. The van der Waals surface area contributed by atoms with E-state index in [2.05, 4.69) is 10.2 Å². The third kappa shape index (κ3) is 5.25. The van der Waals surface area contributed by atoms with Gasteiger partial charge >= 0.3 is 0 Å². The minimum atomic E-state index is -0.287. The van der Waals surface area contributed by atoms with E-state index in [4.69, 9.17) is 17.3 Å². The van der Waals surface area contributed by atoms with Gasteiger partial charge in [-0.25, -0.2) is 0 Å². The van der Waals surface area contributed by atoms with Crippen LogP contribution in [0.2, 0.25) is 5.02 Å². The van der Waals surface area contributed by atoms with Crippen LogP contribution in [-0.4, -0.2) is 35.1 Å². The average Bonchev–Trinajstić information content (AvgIpc) is 3.11. The number of anilines is 1. The summed E-state index contributed by atoms with van der Waals surface area (Å²) in [6, 6.07) is 14.9. The van der Waals surface area contributed by atoms with E-state index in [-0.39, 0.29) is 23.6 Å². The molecule has 3 N–H and O–H groups in total. The van der Waals surface area contributed by atoms with Crippen molar-refractivity contribution >= 4 is 40.9 Å². The number of primary amides is 1. The van der Waals surface area contributed by atoms with Crippen LogP contribution < -0.4 is 11.1 Å². The lowest BCUT2D eigenvalue weighted by molar-refractivity contribution is -0.122. The number of nitrogens with two attached hydrogens (primary N) is 1. The summed E-state index contributed by atoms with van der Waals surface area (Å²) in [5.74, 6) is -0.114. The van der Waals surface area contributed by atoms with Crippen molar-refractivity contribution in [3.8, 4) is 0 Å². The molecule has 0 spiro atoms. The summed E-state index contributed by atoms with van der Waals surface area (Å²) in [6.45, 7) is 1.42. The second-order valence-corrected chi connectivity index (χ2v) is 7.88. The molecule has 1 unspecified atom stereocenters. The van der Waals surface area contributed by atoms with Crippen molar-refractivity contribution in [3.63, 3.8) is 0 Å². The van der Waals surface area contributed by atoms with Crippen molar-refractivity contribution in [1.82, 2.24) is 4.90 Å². The Morgan fingerprint density at radius 2 is 1.93 bits per heavy atom. The second-order valence-electron chi connectivity index (χ2n) is 6.46. The molecule has 0 saturated carbocycles. The smallest absolute Gasteiger partial charge is 0.234 e. The van der Waals surface area contributed by atoms with Crippen LogP contribution >= 0.6 is 23.4 Å². The first-order valence-electron chi connectivity index (χ1n) is 8.83. The Labute approximate surface area is 168 Å². The molecule has 2 aromatic rings. The summed E-state index contributed by atoms with van der Waals surface area (Å²) in [4.78, 5) is 27.0. The van der Waals surface area contributed by atoms with Gasteiger partial charge in [0.05, 0.1) is 16.8 Å². The van der Waals surface area contributed by atoms with E-state index in [1.54, 1.807) is 0 Å². The first-order chi connectivity index (χ1) is 13.0. The largest absolute Gasteiger partial charge is 0.368 e. The lowest BCUT2D eigenvalue weighted by Gasteiger charge is -2.23. The van der Waals surface area contributed by atoms with Crippen molar-refractivity contribution in [2.75, 3.05) is 17.6 Å². The molecule has 1 aliphatic heterocycles. The van der Waals surface area contributed by atoms with E-state index in [9.17, 15) is 9.59 Å². The molecule has 2 aromatic carbocycles. The third-order valence-corrected chi connectivity index (χ3v) is 6.07. The molecule has 1 aliphatic rings. The Hall–Kier alpha value is -2.02. The summed E-state index contributed by atoms with van der Waals surface area (Å²) in [5, 5.41) is 3.61. The molecule has 5 nitrogen and oxygen atoms in total. The number of carbonyl (C=O) groups excluding carboxylic acids is 2. The fourth-order valence-electron chi connectivity index (χ4n) is 3.23. The number of benzene rings is 2. The van der Waals surface area contributed by atoms with Crippen LogP contribution in [0.25, 0.3) is 0 Å². The highest BCUT2D eigenvalue weighted by atomic mass is 35.5. The number of carbonyl (C=O) groups is 2. The summed E-state index contributed by atoms with van der Waals surface area (Å²) >= 11 is 7.53. The number of amides is 2. The van der Waals surface area contributed by atoms with Crippen LogP contribution in [0.1, 0.15) is 18.4 Å². The van der Waals surface area contributed by atoms with Crippen molar-refractivity contribution < 1.29 is 9.59 Å². The van der Waals surface area contributed by atoms with Crippen molar-refractivity contribution in [2.45, 2.75) is 30.3 Å². The normalized spacial score (nSPS) is 17.0. The molecule has 1 atom stereocenters. The fraction of sp³-hybridized carbons (Fsp3) is 0.300. The van der Waals surface area contributed by atoms with Gasteiger partial charge in [-0.15, -0.1) is 11.8 Å². The molecule has 0 aromatic heterocycles. The summed E-state index contributed by atoms with van der Waals surface area (Å²) < 4.78 is 0. The molecule has 1 fully saturated rings. The minimum absolute atomic E-state index is 0.0970. The number of hydrogen-bond acceptors (Lipinski definition) is 4. The van der Waals surface area contributed by atoms with Crippen LogP contribution in [-0.2, 0) is 16.1 Å². The zero-order valence-corrected chi connectivity index (χ0v) is 16.4. The third-order valence-electron chi connectivity index (χ3n) is 4.55. The van der Waals surface area contributed by atoms with Gasteiger partial charge in [-0.3, -0.25) is 14.5 Å². The molecule has 1 heterocycles. The van der Waals surface area contributed by atoms with Crippen molar-refractivity contribution in [2.24, 2.45) is 5.73 Å². The van der Waals surface area contributed by atoms with Gasteiger partial charge in [0.15, 0.2) is 0 Å². The first kappa shape index (κ1) is 19.7. The molecule has 0 bridgehead atoms. The topological polar surface area (TPSA) is 75.4 Å². The van der Waals surface area contributed by atoms with Gasteiger partial charge < -0.3 is 11.1 Å². The SMILES string of the molecule is NC(=O)C1CCCN1Cc1ccccc1NC(=O)CSc1ccccc1Cl. The monoisotopic (exact) mass is 403 g/mol. The molecular formula is C20H22ClN3O2S. The van der Waals surface area contributed by atoms with E-state index in [0.29, 0.717) is 11.6 Å². The summed E-state index contributed by atoms with van der Waals surface area (Å²) in [5.41, 5.74) is 7.24. The molecule has 0 radical (unpaired) electrons. The van der Waals surface area contributed by atoms with Gasteiger partial charge in [-0.2, -0.15) is 0 Å². The number of halogens is 1. The number of thioether (sulfide) groups is 1. The molecule has 142 valence electrons. The molecule has 2 amide bonds.